The quantitative estimate of drug-likeness (QED) is 0.658. The van der Waals surface area contributed by atoms with Gasteiger partial charge in [-0.25, -0.2) is 4.98 Å². The first-order valence-electron chi connectivity index (χ1n) is 8.55. The fourth-order valence-electron chi connectivity index (χ4n) is 2.95. The van der Waals surface area contributed by atoms with Crippen LogP contribution in [0.15, 0.2) is 41.2 Å². The summed E-state index contributed by atoms with van der Waals surface area (Å²) in [6.07, 6.45) is 0. The molecule has 1 heterocycles. The monoisotopic (exact) mass is 382 g/mol. The van der Waals surface area contributed by atoms with Crippen LogP contribution in [-0.2, 0) is 6.61 Å². The van der Waals surface area contributed by atoms with Crippen molar-refractivity contribution in [3.63, 3.8) is 0 Å². The number of anilines is 1. The van der Waals surface area contributed by atoms with Gasteiger partial charge in [0, 0.05) is 16.6 Å². The van der Waals surface area contributed by atoms with Crippen LogP contribution in [0.2, 0.25) is 0 Å². The number of hydrogen-bond acceptors (Lipinski definition) is 5. The van der Waals surface area contributed by atoms with Crippen molar-refractivity contribution in [2.24, 2.45) is 0 Å². The Morgan fingerprint density at radius 1 is 1.11 bits per heavy atom. The van der Waals surface area contributed by atoms with Crippen molar-refractivity contribution < 1.29 is 14.3 Å². The number of amides is 1. The minimum absolute atomic E-state index is 0.186. The lowest BCUT2D eigenvalue weighted by molar-refractivity contribution is 0.102. The Morgan fingerprint density at radius 3 is 2.48 bits per heavy atom. The molecule has 3 aromatic rings. The van der Waals surface area contributed by atoms with E-state index in [0.717, 1.165) is 22.5 Å². The van der Waals surface area contributed by atoms with Crippen LogP contribution in [0.1, 0.15) is 32.7 Å². The van der Waals surface area contributed by atoms with Crippen LogP contribution < -0.4 is 14.8 Å². The molecule has 0 fully saturated rings. The lowest BCUT2D eigenvalue weighted by Gasteiger charge is -2.14. The van der Waals surface area contributed by atoms with Gasteiger partial charge in [0.25, 0.3) is 5.91 Å². The Kier molecular flexibility index (Phi) is 5.76. The predicted octanol–water partition coefficient (Wildman–Crippen LogP) is 4.91. The highest BCUT2D eigenvalue weighted by Crippen LogP contribution is 2.30. The zero-order chi connectivity index (χ0) is 19.4. The molecular weight excluding hydrogens is 360 g/mol. The summed E-state index contributed by atoms with van der Waals surface area (Å²) in [5.74, 6) is 0.898. The summed E-state index contributed by atoms with van der Waals surface area (Å²) in [5.41, 5.74) is 7.21. The molecule has 2 aromatic carbocycles. The van der Waals surface area contributed by atoms with E-state index < -0.39 is 0 Å². The maximum Gasteiger partial charge on any atom is 0.255 e. The van der Waals surface area contributed by atoms with Gasteiger partial charge in [-0.15, -0.1) is 11.3 Å². The summed E-state index contributed by atoms with van der Waals surface area (Å²) in [6.45, 7) is 6.38. The van der Waals surface area contributed by atoms with E-state index in [1.165, 1.54) is 16.9 Å². The Labute approximate surface area is 163 Å². The average Bonchev–Trinajstić information content (AvgIpc) is 3.16. The number of nitrogens with zero attached hydrogens (tertiary/aromatic N) is 1. The van der Waals surface area contributed by atoms with Gasteiger partial charge < -0.3 is 14.8 Å². The fraction of sp³-hybridized carbons (Fsp3) is 0.238. The third kappa shape index (κ3) is 4.46. The van der Waals surface area contributed by atoms with E-state index in [0.29, 0.717) is 23.7 Å². The maximum absolute atomic E-state index is 12.7. The predicted molar refractivity (Wildman–Crippen MR) is 108 cm³/mol. The van der Waals surface area contributed by atoms with Crippen LogP contribution in [0.3, 0.4) is 0 Å². The van der Waals surface area contributed by atoms with E-state index in [-0.39, 0.29) is 5.91 Å². The van der Waals surface area contributed by atoms with Crippen LogP contribution in [-0.4, -0.2) is 18.0 Å². The molecule has 0 saturated carbocycles. The highest BCUT2D eigenvalue weighted by atomic mass is 32.1. The molecular formula is C21H22N2O3S. The van der Waals surface area contributed by atoms with Crippen molar-refractivity contribution >= 4 is 22.9 Å². The van der Waals surface area contributed by atoms with E-state index in [1.54, 1.807) is 30.8 Å². The second kappa shape index (κ2) is 8.22. The number of ether oxygens (including phenoxy) is 2. The van der Waals surface area contributed by atoms with Crippen molar-refractivity contribution in [2.75, 3.05) is 12.4 Å². The molecule has 0 aliphatic rings. The van der Waals surface area contributed by atoms with Gasteiger partial charge in [0.1, 0.15) is 6.61 Å². The summed E-state index contributed by atoms with van der Waals surface area (Å²) < 4.78 is 11.2. The molecule has 0 unspecified atom stereocenters. The van der Waals surface area contributed by atoms with Gasteiger partial charge in [-0.1, -0.05) is 17.7 Å². The molecule has 0 bridgehead atoms. The molecule has 0 radical (unpaired) electrons. The second-order valence-electron chi connectivity index (χ2n) is 6.36. The normalized spacial score (nSPS) is 10.5. The standard InChI is InChI=1S/C21H22N2O3S/c1-13-7-14(2)20(15(3)8-13)23-21(24)16-5-6-18(19(9-16)25-4)26-10-17-11-27-12-22-17/h5-9,11-12H,10H2,1-4H3,(H,23,24). The van der Waals surface area contributed by atoms with Crippen molar-refractivity contribution in [1.82, 2.24) is 4.98 Å². The SMILES string of the molecule is COc1cc(C(=O)Nc2c(C)cc(C)cc2C)ccc1OCc1cscn1. The van der Waals surface area contributed by atoms with Crippen molar-refractivity contribution in [1.29, 1.82) is 0 Å². The van der Waals surface area contributed by atoms with Crippen LogP contribution in [0.5, 0.6) is 11.5 Å². The van der Waals surface area contributed by atoms with Crippen molar-refractivity contribution in [3.8, 4) is 11.5 Å². The lowest BCUT2D eigenvalue weighted by Crippen LogP contribution is -2.14. The number of benzene rings is 2. The zero-order valence-corrected chi connectivity index (χ0v) is 16.6. The molecule has 1 N–H and O–H groups in total. The first-order valence-corrected chi connectivity index (χ1v) is 9.49. The van der Waals surface area contributed by atoms with Crippen LogP contribution in [0.4, 0.5) is 5.69 Å². The number of thiazole rings is 1. The number of carbonyl (C=O) groups excluding carboxylic acids is 1. The molecule has 1 amide bonds. The molecule has 0 atom stereocenters. The molecule has 27 heavy (non-hydrogen) atoms. The third-order valence-electron chi connectivity index (χ3n) is 4.20. The first-order chi connectivity index (χ1) is 13.0. The Balaban J connectivity index is 1.77. The summed E-state index contributed by atoms with van der Waals surface area (Å²) >= 11 is 1.52. The molecule has 6 heteroatoms. The molecule has 0 aliphatic heterocycles. The third-order valence-corrected chi connectivity index (χ3v) is 4.84. The summed E-state index contributed by atoms with van der Waals surface area (Å²) in [4.78, 5) is 16.9. The van der Waals surface area contributed by atoms with E-state index >= 15 is 0 Å². The highest BCUT2D eigenvalue weighted by Gasteiger charge is 2.14. The van der Waals surface area contributed by atoms with Crippen molar-refractivity contribution in [3.05, 3.63) is 69.2 Å². The summed E-state index contributed by atoms with van der Waals surface area (Å²) in [5, 5.41) is 4.93. The topological polar surface area (TPSA) is 60.5 Å². The minimum atomic E-state index is -0.186. The maximum atomic E-state index is 12.7. The number of methoxy groups -OCH3 is 1. The average molecular weight is 382 g/mol. The number of aryl methyl sites for hydroxylation is 3. The largest absolute Gasteiger partial charge is 0.493 e. The first kappa shape index (κ1) is 18.9. The number of rotatable bonds is 6. The molecule has 0 saturated heterocycles. The Hall–Kier alpha value is -2.86. The van der Waals surface area contributed by atoms with Crippen LogP contribution in [0, 0.1) is 20.8 Å². The van der Waals surface area contributed by atoms with Gasteiger partial charge in [-0.05, 0) is 50.1 Å². The van der Waals surface area contributed by atoms with E-state index in [2.05, 4.69) is 22.4 Å². The van der Waals surface area contributed by atoms with Gasteiger partial charge in [0.15, 0.2) is 11.5 Å². The fourth-order valence-corrected chi connectivity index (χ4v) is 3.49. The molecule has 140 valence electrons. The van der Waals surface area contributed by atoms with Gasteiger partial charge >= 0.3 is 0 Å². The van der Waals surface area contributed by atoms with Gasteiger partial charge in [-0.3, -0.25) is 4.79 Å². The molecule has 3 rings (SSSR count). The van der Waals surface area contributed by atoms with Gasteiger partial charge in [0.2, 0.25) is 0 Å². The van der Waals surface area contributed by atoms with Crippen LogP contribution >= 0.6 is 11.3 Å². The number of hydrogen-bond donors (Lipinski definition) is 1. The highest BCUT2D eigenvalue weighted by molar-refractivity contribution is 7.07. The van der Waals surface area contributed by atoms with Crippen LogP contribution in [0.25, 0.3) is 0 Å². The Morgan fingerprint density at radius 2 is 1.85 bits per heavy atom. The number of nitrogens with one attached hydrogen (secondary N) is 1. The van der Waals surface area contributed by atoms with Gasteiger partial charge in [-0.2, -0.15) is 0 Å². The minimum Gasteiger partial charge on any atom is -0.493 e. The van der Waals surface area contributed by atoms with E-state index in [1.807, 2.05) is 26.2 Å². The molecule has 1 aromatic heterocycles. The van der Waals surface area contributed by atoms with Crippen molar-refractivity contribution in [2.45, 2.75) is 27.4 Å². The lowest BCUT2D eigenvalue weighted by atomic mass is 10.0. The zero-order valence-electron chi connectivity index (χ0n) is 15.8. The molecule has 5 nitrogen and oxygen atoms in total. The number of carbonyl (C=O) groups is 1. The number of aromatic nitrogens is 1. The smallest absolute Gasteiger partial charge is 0.255 e. The summed E-state index contributed by atoms with van der Waals surface area (Å²) in [7, 11) is 1.56. The van der Waals surface area contributed by atoms with Gasteiger partial charge in [0.05, 0.1) is 18.3 Å². The van der Waals surface area contributed by atoms with E-state index in [9.17, 15) is 4.79 Å². The molecule has 0 aliphatic carbocycles. The summed E-state index contributed by atoms with van der Waals surface area (Å²) in [6, 6.07) is 9.27. The van der Waals surface area contributed by atoms with E-state index in [4.69, 9.17) is 9.47 Å². The second-order valence-corrected chi connectivity index (χ2v) is 7.08. The molecule has 0 spiro atoms. The Bertz CT molecular complexity index is 929.